The summed E-state index contributed by atoms with van der Waals surface area (Å²) in [6.07, 6.45) is 7.91. The number of nitrogens with zero attached hydrogens (tertiary/aromatic N) is 1. The number of carbonyl (C=O) groups excluding carboxylic acids is 2. The van der Waals surface area contributed by atoms with Crippen molar-refractivity contribution in [2.45, 2.75) is 56.9 Å². The molecule has 0 atom stereocenters. The number of aliphatic hydroxyl groups excluding tert-OH is 1. The highest BCUT2D eigenvalue weighted by atomic mass is 127. The van der Waals surface area contributed by atoms with Gasteiger partial charge in [-0.25, -0.2) is 0 Å². The molecule has 0 heterocycles. The summed E-state index contributed by atoms with van der Waals surface area (Å²) in [5, 5.41) is 28.3. The average Bonchev–Trinajstić information content (AvgIpc) is 2.44. The zero-order valence-electron chi connectivity index (χ0n) is 15.2. The molecule has 4 saturated carbocycles. The predicted molar refractivity (Wildman–Crippen MR) is 84.2 cm³/mol. The minimum absolute atomic E-state index is 0. The molecule has 1 N–H and O–H groups in total. The van der Waals surface area contributed by atoms with Gasteiger partial charge in [0.15, 0.2) is 0 Å². The molecule has 146 valence electrons. The van der Waals surface area contributed by atoms with Crippen LogP contribution >= 0.6 is 0 Å². The molecule has 6 nitrogen and oxygen atoms in total. The number of aliphatic hydroxyl groups is 1. The van der Waals surface area contributed by atoms with Crippen LogP contribution in [0.15, 0.2) is 0 Å². The Morgan fingerprint density at radius 1 is 0.960 bits per heavy atom. The van der Waals surface area contributed by atoms with Crippen molar-refractivity contribution in [3.8, 4) is 0 Å². The number of aliphatic carboxylic acids is 2. The second kappa shape index (κ2) is 8.99. The van der Waals surface area contributed by atoms with Gasteiger partial charge in [0.2, 0.25) is 0 Å². The molecule has 0 aromatic rings. The predicted octanol–water partition coefficient (Wildman–Crippen LogP) is -3.71. The van der Waals surface area contributed by atoms with Crippen molar-refractivity contribution >= 4 is 11.9 Å². The number of hydrogen-bond acceptors (Lipinski definition) is 5. The van der Waals surface area contributed by atoms with Crippen LogP contribution in [0.3, 0.4) is 0 Å². The molecule has 4 fully saturated rings. The van der Waals surface area contributed by atoms with Gasteiger partial charge in [0, 0.05) is 31.2 Å². The lowest BCUT2D eigenvalue weighted by molar-refractivity contribution is -0.948. The number of halogens is 1. The topological polar surface area (TPSA) is 100 Å². The first-order valence-corrected chi connectivity index (χ1v) is 9.01. The Morgan fingerprint density at radius 3 is 1.60 bits per heavy atom. The van der Waals surface area contributed by atoms with Crippen LogP contribution < -0.4 is 34.2 Å². The quantitative estimate of drug-likeness (QED) is 0.320. The van der Waals surface area contributed by atoms with Gasteiger partial charge >= 0.3 is 0 Å². The molecular weight excluding hydrogens is 437 g/mol. The van der Waals surface area contributed by atoms with E-state index in [-0.39, 0.29) is 24.0 Å². The Balaban J connectivity index is 0.000000301. The van der Waals surface area contributed by atoms with Crippen molar-refractivity contribution in [1.82, 2.24) is 0 Å². The molecule has 4 bridgehead atoms. The molecule has 0 unspecified atom stereocenters. The molecular formula is C18H30INO5-2. The molecule has 0 aromatic heterocycles. The second-order valence-corrected chi connectivity index (χ2v) is 8.52. The fourth-order valence-corrected chi connectivity index (χ4v) is 5.50. The molecule has 0 aromatic carbocycles. The number of likely N-dealkylation sites (N-methyl/N-ethyl adjacent to an activating group) is 1. The highest BCUT2D eigenvalue weighted by Crippen LogP contribution is 2.58. The summed E-state index contributed by atoms with van der Waals surface area (Å²) in [4.78, 5) is 19.0. The van der Waals surface area contributed by atoms with Gasteiger partial charge in [-0.1, -0.05) is 0 Å². The number of carboxylic acid groups (broad SMARTS) is 2. The largest absolute Gasteiger partial charge is 1.00 e. The number of carbonyl (C=O) groups is 2. The van der Waals surface area contributed by atoms with Gasteiger partial charge < -0.3 is 53.4 Å². The zero-order chi connectivity index (χ0) is 18.0. The lowest BCUT2D eigenvalue weighted by atomic mass is 9.52. The normalized spacial score (nSPS) is 32.4. The highest BCUT2D eigenvalue weighted by molar-refractivity contribution is 5.72. The van der Waals surface area contributed by atoms with Crippen LogP contribution in [0.2, 0.25) is 0 Å². The summed E-state index contributed by atoms with van der Waals surface area (Å²) in [7, 11) is 4.70. The summed E-state index contributed by atoms with van der Waals surface area (Å²) in [6, 6.07) is 0. The summed E-state index contributed by atoms with van der Waals surface area (Å²) < 4.78 is 1.06. The van der Waals surface area contributed by atoms with Crippen LogP contribution in [0.5, 0.6) is 0 Å². The van der Waals surface area contributed by atoms with E-state index in [0.29, 0.717) is 12.1 Å². The van der Waals surface area contributed by atoms with Crippen LogP contribution in [0.4, 0.5) is 0 Å². The van der Waals surface area contributed by atoms with Gasteiger partial charge in [-0.2, -0.15) is 0 Å². The molecule has 4 rings (SSSR count). The van der Waals surface area contributed by atoms with Crippen molar-refractivity contribution < 1.29 is 53.4 Å². The second-order valence-electron chi connectivity index (χ2n) is 8.52. The first-order valence-electron chi connectivity index (χ1n) is 9.01. The van der Waals surface area contributed by atoms with Gasteiger partial charge in [-0.3, -0.25) is 0 Å². The SMILES string of the molecule is C[N+](C)(CCO)C12CC3CC(CC(C3)C1)C2.O=C([O-])CCC(=O)[O-].[I-]. The van der Waals surface area contributed by atoms with Crippen molar-refractivity contribution in [2.75, 3.05) is 27.2 Å². The van der Waals surface area contributed by atoms with Gasteiger partial charge in [-0.15, -0.1) is 0 Å². The minimum atomic E-state index is -1.37. The van der Waals surface area contributed by atoms with Gasteiger partial charge in [0.1, 0.15) is 6.54 Å². The molecule has 0 aliphatic heterocycles. The lowest BCUT2D eigenvalue weighted by Crippen LogP contribution is -3.00. The van der Waals surface area contributed by atoms with Crippen LogP contribution in [-0.2, 0) is 9.59 Å². The van der Waals surface area contributed by atoms with E-state index in [1.165, 1.54) is 38.5 Å². The maximum absolute atomic E-state index is 9.50. The molecule has 0 amide bonds. The summed E-state index contributed by atoms with van der Waals surface area (Å²) in [5.41, 5.74) is 0.525. The van der Waals surface area contributed by atoms with E-state index in [2.05, 4.69) is 14.1 Å². The Bertz CT molecular complexity index is 431. The van der Waals surface area contributed by atoms with E-state index in [4.69, 9.17) is 0 Å². The average molecular weight is 467 g/mol. The van der Waals surface area contributed by atoms with Crippen molar-refractivity contribution in [2.24, 2.45) is 17.8 Å². The third kappa shape index (κ3) is 5.53. The molecule has 7 heteroatoms. The Morgan fingerprint density at radius 2 is 1.32 bits per heavy atom. The molecule has 0 saturated heterocycles. The molecule has 4 aliphatic carbocycles. The van der Waals surface area contributed by atoms with E-state index < -0.39 is 24.8 Å². The van der Waals surface area contributed by atoms with Crippen LogP contribution in [0.25, 0.3) is 0 Å². The Labute approximate surface area is 167 Å². The highest BCUT2D eigenvalue weighted by Gasteiger charge is 2.58. The van der Waals surface area contributed by atoms with Gasteiger partial charge in [0.25, 0.3) is 0 Å². The van der Waals surface area contributed by atoms with Gasteiger partial charge in [0.05, 0.1) is 26.2 Å². The zero-order valence-corrected chi connectivity index (χ0v) is 17.4. The van der Waals surface area contributed by atoms with E-state index in [1.54, 1.807) is 0 Å². The first kappa shape index (κ1) is 22.6. The maximum atomic E-state index is 9.50. The number of carboxylic acids is 2. The molecule has 0 spiro atoms. The smallest absolute Gasteiger partial charge is 0.102 e. The van der Waals surface area contributed by atoms with Crippen molar-refractivity contribution in [3.63, 3.8) is 0 Å². The third-order valence-corrected chi connectivity index (χ3v) is 6.48. The first-order chi connectivity index (χ1) is 11.2. The van der Waals surface area contributed by atoms with Gasteiger partial charge in [-0.05, 0) is 49.9 Å². The summed E-state index contributed by atoms with van der Waals surface area (Å²) in [5.74, 6) is 0.315. The fraction of sp³-hybridized carbons (Fsp3) is 0.889. The minimum Gasteiger partial charge on any atom is -1.00 e. The van der Waals surface area contributed by atoms with Crippen LogP contribution in [-0.4, -0.2) is 54.3 Å². The van der Waals surface area contributed by atoms with E-state index >= 15 is 0 Å². The summed E-state index contributed by atoms with van der Waals surface area (Å²) >= 11 is 0. The molecule has 25 heavy (non-hydrogen) atoms. The molecule has 0 radical (unpaired) electrons. The van der Waals surface area contributed by atoms with Crippen LogP contribution in [0, 0.1) is 17.8 Å². The maximum Gasteiger partial charge on any atom is 0.102 e. The summed E-state index contributed by atoms with van der Waals surface area (Å²) in [6.45, 7) is 1.28. The van der Waals surface area contributed by atoms with Crippen molar-refractivity contribution in [3.05, 3.63) is 0 Å². The van der Waals surface area contributed by atoms with E-state index in [1.807, 2.05) is 0 Å². The van der Waals surface area contributed by atoms with Crippen LogP contribution in [0.1, 0.15) is 51.4 Å². The monoisotopic (exact) mass is 467 g/mol. The van der Waals surface area contributed by atoms with Crippen molar-refractivity contribution in [1.29, 1.82) is 0 Å². The standard InChI is InChI=1S/C14H26NO.C4H6O4.HI/c1-15(2,3-4-16)14-8-11-5-12(9-14)7-13(6-11)10-14;5-3(6)1-2-4(7)8;/h11-13,16H,3-10H2,1-2H3;1-2H2,(H,5,6)(H,7,8);1H/q+1;;/p-3. The third-order valence-electron chi connectivity index (χ3n) is 6.48. The lowest BCUT2D eigenvalue weighted by Gasteiger charge is -2.62. The Hall–Kier alpha value is -0.410. The van der Waals surface area contributed by atoms with E-state index in [0.717, 1.165) is 28.8 Å². The molecule has 4 aliphatic rings. The van der Waals surface area contributed by atoms with E-state index in [9.17, 15) is 24.9 Å². The Kier molecular flexibility index (Phi) is 8.14. The number of rotatable bonds is 6. The number of hydrogen-bond donors (Lipinski definition) is 1. The fourth-order valence-electron chi connectivity index (χ4n) is 5.50. The number of quaternary nitrogens is 1.